The fourth-order valence-corrected chi connectivity index (χ4v) is 6.30. The first-order valence-electron chi connectivity index (χ1n) is 12.4. The van der Waals surface area contributed by atoms with Gasteiger partial charge in [0.25, 0.3) is 10.0 Å². The minimum Gasteiger partial charge on any atom is -0.454 e. The molecule has 8 nitrogen and oxygen atoms in total. The molecule has 1 saturated heterocycles. The summed E-state index contributed by atoms with van der Waals surface area (Å²) in [4.78, 5) is 17.6. The fourth-order valence-electron chi connectivity index (χ4n) is 4.66. The lowest BCUT2D eigenvalue weighted by atomic mass is 10.1. The number of piperazine rings is 1. The van der Waals surface area contributed by atoms with Crippen LogP contribution in [-0.4, -0.2) is 63.6 Å². The van der Waals surface area contributed by atoms with E-state index in [2.05, 4.69) is 4.90 Å². The molecule has 0 aliphatic carbocycles. The molecular formula is C28H30ClN3O5S. The third kappa shape index (κ3) is 5.60. The number of hydrogen-bond donors (Lipinski definition) is 0. The molecule has 1 amide bonds. The van der Waals surface area contributed by atoms with Crippen LogP contribution in [0.2, 0.25) is 5.02 Å². The average molecular weight is 556 g/mol. The summed E-state index contributed by atoms with van der Waals surface area (Å²) in [7, 11) is -4.01. The molecule has 0 N–H and O–H groups in total. The highest BCUT2D eigenvalue weighted by molar-refractivity contribution is 7.92. The Morgan fingerprint density at radius 3 is 2.37 bits per heavy atom. The van der Waals surface area contributed by atoms with Crippen molar-refractivity contribution in [1.82, 2.24) is 9.80 Å². The molecule has 5 rings (SSSR count). The summed E-state index contributed by atoms with van der Waals surface area (Å²) in [6, 6.07) is 17.6. The van der Waals surface area contributed by atoms with Crippen LogP contribution < -0.4 is 13.8 Å². The van der Waals surface area contributed by atoms with E-state index in [0.29, 0.717) is 42.5 Å². The molecule has 1 fully saturated rings. The van der Waals surface area contributed by atoms with Crippen LogP contribution in [0.3, 0.4) is 0 Å². The van der Waals surface area contributed by atoms with E-state index in [-0.39, 0.29) is 24.1 Å². The van der Waals surface area contributed by atoms with Gasteiger partial charge in [-0.15, -0.1) is 0 Å². The van der Waals surface area contributed by atoms with Gasteiger partial charge >= 0.3 is 0 Å². The van der Waals surface area contributed by atoms with E-state index in [0.717, 1.165) is 29.2 Å². The van der Waals surface area contributed by atoms with Gasteiger partial charge in [-0.1, -0.05) is 41.4 Å². The molecule has 0 radical (unpaired) electrons. The Balaban J connectivity index is 1.30. The Labute approximate surface area is 228 Å². The molecule has 10 heteroatoms. The number of aryl methyl sites for hydroxylation is 2. The van der Waals surface area contributed by atoms with E-state index in [9.17, 15) is 13.2 Å². The minimum absolute atomic E-state index is 0.129. The summed E-state index contributed by atoms with van der Waals surface area (Å²) in [5, 5.41) is 0.402. The van der Waals surface area contributed by atoms with Gasteiger partial charge < -0.3 is 14.4 Å². The van der Waals surface area contributed by atoms with Crippen LogP contribution >= 0.6 is 11.6 Å². The van der Waals surface area contributed by atoms with Crippen LogP contribution in [0.5, 0.6) is 11.5 Å². The molecule has 2 aliphatic heterocycles. The van der Waals surface area contributed by atoms with Crippen LogP contribution in [0.25, 0.3) is 0 Å². The van der Waals surface area contributed by atoms with E-state index >= 15 is 0 Å². The summed E-state index contributed by atoms with van der Waals surface area (Å²) < 4.78 is 39.5. The Bertz CT molecular complexity index is 1440. The molecular weight excluding hydrogens is 526 g/mol. The Kier molecular flexibility index (Phi) is 7.52. The molecule has 3 aromatic rings. The number of ether oxygens (including phenoxy) is 2. The minimum atomic E-state index is -4.01. The van der Waals surface area contributed by atoms with Crippen molar-refractivity contribution in [3.8, 4) is 11.5 Å². The number of amides is 1. The number of rotatable bonds is 7. The SMILES string of the molecule is Cc1ccc(S(=O)(=O)N(CC(=O)N2CCN(Cc3ccc4c(c3)OCO4)CC2)c2cc(Cl)ccc2C)cc1. The van der Waals surface area contributed by atoms with Crippen molar-refractivity contribution in [3.63, 3.8) is 0 Å². The number of anilines is 1. The maximum absolute atomic E-state index is 13.7. The molecule has 3 aromatic carbocycles. The third-order valence-electron chi connectivity index (χ3n) is 6.90. The molecule has 2 aliphatic rings. The Morgan fingerprint density at radius 1 is 0.921 bits per heavy atom. The first kappa shape index (κ1) is 26.3. The second kappa shape index (κ2) is 10.8. The summed E-state index contributed by atoms with van der Waals surface area (Å²) >= 11 is 6.24. The largest absolute Gasteiger partial charge is 0.454 e. The van der Waals surface area contributed by atoms with Crippen molar-refractivity contribution in [3.05, 3.63) is 82.4 Å². The van der Waals surface area contributed by atoms with Crippen molar-refractivity contribution >= 4 is 33.2 Å². The van der Waals surface area contributed by atoms with E-state index in [1.165, 1.54) is 4.31 Å². The van der Waals surface area contributed by atoms with Crippen molar-refractivity contribution in [1.29, 1.82) is 0 Å². The standard InChI is InChI=1S/C28H30ClN3O5S/c1-20-3-8-24(9-4-20)38(34,35)32(25-16-23(29)7-5-21(25)2)18-28(33)31-13-11-30(12-14-31)17-22-6-10-26-27(15-22)37-19-36-26/h3-10,15-16H,11-14,17-19H2,1-2H3. The second-order valence-electron chi connectivity index (χ2n) is 9.60. The molecule has 38 heavy (non-hydrogen) atoms. The van der Waals surface area contributed by atoms with Gasteiger partial charge in [-0.2, -0.15) is 0 Å². The van der Waals surface area contributed by atoms with E-state index < -0.39 is 10.0 Å². The summed E-state index contributed by atoms with van der Waals surface area (Å²) in [5.74, 6) is 1.26. The predicted molar refractivity (Wildman–Crippen MR) is 146 cm³/mol. The van der Waals surface area contributed by atoms with E-state index in [1.807, 2.05) is 32.0 Å². The van der Waals surface area contributed by atoms with Crippen LogP contribution in [-0.2, 0) is 21.4 Å². The van der Waals surface area contributed by atoms with Crippen LogP contribution in [0, 0.1) is 13.8 Å². The maximum Gasteiger partial charge on any atom is 0.264 e. The third-order valence-corrected chi connectivity index (χ3v) is 8.90. The number of nitrogens with zero attached hydrogens (tertiary/aromatic N) is 3. The average Bonchev–Trinajstić information content (AvgIpc) is 3.37. The zero-order chi connectivity index (χ0) is 26.9. The first-order chi connectivity index (χ1) is 18.2. The van der Waals surface area contributed by atoms with Gasteiger partial charge in [0.2, 0.25) is 12.7 Å². The monoisotopic (exact) mass is 555 g/mol. The number of carbonyl (C=O) groups excluding carboxylic acids is 1. The maximum atomic E-state index is 13.7. The topological polar surface area (TPSA) is 79.4 Å². The van der Waals surface area contributed by atoms with Gasteiger partial charge in [0.1, 0.15) is 6.54 Å². The Morgan fingerprint density at radius 2 is 1.63 bits per heavy atom. The smallest absolute Gasteiger partial charge is 0.264 e. The number of hydrogen-bond acceptors (Lipinski definition) is 6. The van der Waals surface area contributed by atoms with Crippen molar-refractivity contribution in [2.45, 2.75) is 25.3 Å². The summed E-state index contributed by atoms with van der Waals surface area (Å²) in [6.45, 7) is 6.75. The van der Waals surface area contributed by atoms with Crippen LogP contribution in [0.15, 0.2) is 65.6 Å². The highest BCUT2D eigenvalue weighted by atomic mass is 35.5. The first-order valence-corrected chi connectivity index (χ1v) is 14.3. The van der Waals surface area contributed by atoms with E-state index in [4.69, 9.17) is 21.1 Å². The van der Waals surface area contributed by atoms with E-state index in [1.54, 1.807) is 47.4 Å². The van der Waals surface area contributed by atoms with Crippen molar-refractivity contribution in [2.75, 3.05) is 43.8 Å². The van der Waals surface area contributed by atoms with Crippen molar-refractivity contribution < 1.29 is 22.7 Å². The predicted octanol–water partition coefficient (Wildman–Crippen LogP) is 4.23. The lowest BCUT2D eigenvalue weighted by molar-refractivity contribution is -0.131. The number of carbonyl (C=O) groups is 1. The van der Waals surface area contributed by atoms with Gasteiger partial charge in [0, 0.05) is 37.7 Å². The molecule has 200 valence electrons. The number of halogens is 1. The fraction of sp³-hybridized carbons (Fsp3) is 0.321. The second-order valence-corrected chi connectivity index (χ2v) is 11.9. The summed E-state index contributed by atoms with van der Waals surface area (Å²) in [5.41, 5.74) is 3.17. The van der Waals surface area contributed by atoms with Gasteiger partial charge in [-0.25, -0.2) is 8.42 Å². The molecule has 0 bridgehead atoms. The van der Waals surface area contributed by atoms with Crippen LogP contribution in [0.4, 0.5) is 5.69 Å². The summed E-state index contributed by atoms with van der Waals surface area (Å²) in [6.07, 6.45) is 0. The quantitative estimate of drug-likeness (QED) is 0.434. The van der Waals surface area contributed by atoms with Crippen LogP contribution in [0.1, 0.15) is 16.7 Å². The highest BCUT2D eigenvalue weighted by Crippen LogP contribution is 2.33. The highest BCUT2D eigenvalue weighted by Gasteiger charge is 2.31. The number of benzene rings is 3. The van der Waals surface area contributed by atoms with Gasteiger partial charge in [0.15, 0.2) is 11.5 Å². The molecule has 0 unspecified atom stereocenters. The normalized spacial score (nSPS) is 15.5. The van der Waals surface area contributed by atoms with Crippen molar-refractivity contribution in [2.24, 2.45) is 0 Å². The molecule has 0 spiro atoms. The zero-order valence-electron chi connectivity index (χ0n) is 21.4. The molecule has 2 heterocycles. The van der Waals surface area contributed by atoms with Gasteiger partial charge in [-0.05, 0) is 61.4 Å². The molecule has 0 saturated carbocycles. The zero-order valence-corrected chi connectivity index (χ0v) is 23.0. The van der Waals surface area contributed by atoms with Gasteiger partial charge in [0.05, 0.1) is 10.6 Å². The number of sulfonamides is 1. The molecule has 0 atom stereocenters. The lowest BCUT2D eigenvalue weighted by Crippen LogP contribution is -2.51. The lowest BCUT2D eigenvalue weighted by Gasteiger charge is -2.36. The molecule has 0 aromatic heterocycles. The Hall–Kier alpha value is -3.27. The number of fused-ring (bicyclic) bond motifs is 1. The van der Waals surface area contributed by atoms with Gasteiger partial charge in [-0.3, -0.25) is 14.0 Å².